The van der Waals surface area contributed by atoms with Gasteiger partial charge in [-0.05, 0) is 82.9 Å². The van der Waals surface area contributed by atoms with E-state index < -0.39 is 70.2 Å². The van der Waals surface area contributed by atoms with Gasteiger partial charge in [-0.1, -0.05) is 25.0 Å². The van der Waals surface area contributed by atoms with Crippen molar-refractivity contribution in [2.45, 2.75) is 116 Å². The third kappa shape index (κ3) is 4.70. The maximum absolute atomic E-state index is 14.0. The summed E-state index contributed by atoms with van der Waals surface area (Å²) in [4.78, 5) is 66.4. The van der Waals surface area contributed by atoms with E-state index in [2.05, 4.69) is 0 Å². The van der Waals surface area contributed by atoms with Crippen molar-refractivity contribution in [2.75, 3.05) is 13.1 Å². The molecule has 0 aromatic rings. The summed E-state index contributed by atoms with van der Waals surface area (Å²) in [5.74, 6) is -3.17. The number of nitrogens with zero attached hydrogens (tertiary/aromatic N) is 1. The fourth-order valence-corrected chi connectivity index (χ4v) is 10.6. The van der Waals surface area contributed by atoms with Gasteiger partial charge in [0.15, 0.2) is 11.9 Å². The highest BCUT2D eigenvalue weighted by atomic mass is 16.7. The van der Waals surface area contributed by atoms with Crippen molar-refractivity contribution in [1.29, 1.82) is 0 Å². The predicted octanol–water partition coefficient (Wildman–Crippen LogP) is 3.69. The Hall–Kier alpha value is -3.57. The van der Waals surface area contributed by atoms with E-state index in [1.54, 1.807) is 17.9 Å². The lowest BCUT2D eigenvalue weighted by Gasteiger charge is -2.61. The number of epoxide rings is 1. The fraction of sp³-hybridized carbons (Fsp3) is 0.658. The molecule has 11 heteroatoms. The number of ether oxygens (including phenoxy) is 4. The van der Waals surface area contributed by atoms with Gasteiger partial charge in [-0.25, -0.2) is 9.59 Å². The summed E-state index contributed by atoms with van der Waals surface area (Å²) in [6, 6.07) is 0. The van der Waals surface area contributed by atoms with E-state index in [4.69, 9.17) is 18.9 Å². The molecule has 0 aromatic heterocycles. The summed E-state index contributed by atoms with van der Waals surface area (Å²) in [5.41, 5.74) is -2.28. The molecule has 2 saturated heterocycles. The van der Waals surface area contributed by atoms with Crippen LogP contribution in [0.15, 0.2) is 47.1 Å². The molecule has 3 aliphatic heterocycles. The zero-order valence-electron chi connectivity index (χ0n) is 29.2. The lowest BCUT2D eigenvalue weighted by Crippen LogP contribution is -2.70. The van der Waals surface area contributed by atoms with Crippen molar-refractivity contribution in [3.8, 4) is 0 Å². The molecule has 4 aliphatic carbocycles. The number of aliphatic hydroxyl groups is 1. The molecule has 1 spiro atoms. The van der Waals surface area contributed by atoms with Crippen molar-refractivity contribution in [2.24, 2.45) is 28.6 Å². The van der Waals surface area contributed by atoms with Crippen molar-refractivity contribution in [1.82, 2.24) is 4.90 Å². The highest BCUT2D eigenvalue weighted by Gasteiger charge is 2.83. The van der Waals surface area contributed by atoms with Gasteiger partial charge in [-0.15, -0.1) is 0 Å². The fourth-order valence-electron chi connectivity index (χ4n) is 10.6. The molecule has 11 nitrogen and oxygen atoms in total. The average molecular weight is 678 g/mol. The molecular weight excluding hydrogens is 630 g/mol. The summed E-state index contributed by atoms with van der Waals surface area (Å²) in [5, 5.41) is 13.1. The molecule has 7 aliphatic rings. The van der Waals surface area contributed by atoms with Gasteiger partial charge in [0.1, 0.15) is 23.4 Å². The predicted molar refractivity (Wildman–Crippen MR) is 174 cm³/mol. The summed E-state index contributed by atoms with van der Waals surface area (Å²) in [7, 11) is 0. The maximum Gasteiger partial charge on any atom is 0.333 e. The number of esters is 3. The molecule has 7 rings (SSSR count). The van der Waals surface area contributed by atoms with Crippen LogP contribution in [0.3, 0.4) is 0 Å². The van der Waals surface area contributed by atoms with Gasteiger partial charge >= 0.3 is 17.9 Å². The summed E-state index contributed by atoms with van der Waals surface area (Å²) >= 11 is 0. The lowest BCUT2D eigenvalue weighted by molar-refractivity contribution is -0.225. The van der Waals surface area contributed by atoms with Gasteiger partial charge in [0.2, 0.25) is 5.91 Å². The van der Waals surface area contributed by atoms with Crippen LogP contribution in [0.4, 0.5) is 0 Å². The zero-order chi connectivity index (χ0) is 35.3. The summed E-state index contributed by atoms with van der Waals surface area (Å²) in [6.45, 7) is 12.2. The summed E-state index contributed by atoms with van der Waals surface area (Å²) < 4.78 is 24.1. The number of allylic oxidation sites excluding steroid dienone is 1. The van der Waals surface area contributed by atoms with Crippen LogP contribution < -0.4 is 0 Å². The van der Waals surface area contributed by atoms with Crippen LogP contribution in [-0.2, 0) is 42.9 Å². The van der Waals surface area contributed by atoms with Crippen LogP contribution in [-0.4, -0.2) is 88.3 Å². The quantitative estimate of drug-likeness (QED) is 0.145. The molecule has 4 fully saturated rings. The first-order chi connectivity index (χ1) is 23.1. The van der Waals surface area contributed by atoms with Crippen molar-refractivity contribution in [3.05, 3.63) is 47.1 Å². The molecular formula is C38H47NO10. The van der Waals surface area contributed by atoms with E-state index in [9.17, 15) is 29.1 Å². The van der Waals surface area contributed by atoms with E-state index in [0.717, 1.165) is 30.1 Å². The van der Waals surface area contributed by atoms with Crippen LogP contribution in [0.1, 0.15) is 80.1 Å². The molecule has 0 aromatic carbocycles. The van der Waals surface area contributed by atoms with Crippen molar-refractivity contribution in [3.63, 3.8) is 0 Å². The number of carbonyl (C=O) groups excluding carboxylic acids is 5. The van der Waals surface area contributed by atoms with Gasteiger partial charge in [-0.3, -0.25) is 14.4 Å². The molecule has 1 N–H and O–H groups in total. The maximum atomic E-state index is 14.0. The van der Waals surface area contributed by atoms with Gasteiger partial charge < -0.3 is 29.0 Å². The van der Waals surface area contributed by atoms with Crippen LogP contribution >= 0.6 is 0 Å². The Morgan fingerprint density at radius 2 is 1.78 bits per heavy atom. The van der Waals surface area contributed by atoms with E-state index >= 15 is 0 Å². The van der Waals surface area contributed by atoms with Crippen LogP contribution in [0.5, 0.6) is 0 Å². The number of carbonyl (C=O) groups is 5. The minimum atomic E-state index is -1.59. The molecule has 0 unspecified atom stereocenters. The standard InChI is InChI=1S/C38H47NO10/c1-20-17-27(47-34(44)21(20)2)22(3)25-18-30(46-23(4)40)37(45)26-19-31-38(49-31)29(48-33(43)12-11-32(42)39-15-7-8-16-39)10-9-28(41)36(38,6)24(26)13-14-35(25,37)5/h9-12,18,22,24,26-27,29-31,45H,7-8,13-17,19H2,1-6H3/b12-11+/t22-,24-,26+,27+,29-,30-,31+,35+,36-,37-,38+/m0/s1. The van der Waals surface area contributed by atoms with Gasteiger partial charge in [-0.2, -0.15) is 0 Å². The number of ketones is 1. The summed E-state index contributed by atoms with van der Waals surface area (Å²) in [6.07, 6.45) is 8.25. The Bertz CT molecular complexity index is 1640. The second-order valence-electron chi connectivity index (χ2n) is 15.7. The average Bonchev–Trinajstić information content (AvgIpc) is 3.42. The molecule has 3 heterocycles. The Balaban J connectivity index is 1.18. The molecule has 264 valence electrons. The van der Waals surface area contributed by atoms with Crippen molar-refractivity contribution < 1.29 is 48.0 Å². The Labute approximate surface area is 286 Å². The van der Waals surface area contributed by atoms with Crippen LogP contribution in [0.2, 0.25) is 0 Å². The second-order valence-corrected chi connectivity index (χ2v) is 15.7. The van der Waals surface area contributed by atoms with Gasteiger partial charge in [0.25, 0.3) is 0 Å². The van der Waals surface area contributed by atoms with Crippen LogP contribution in [0, 0.1) is 28.6 Å². The molecule has 49 heavy (non-hydrogen) atoms. The Kier molecular flexibility index (Phi) is 7.95. The number of rotatable bonds is 6. The van der Waals surface area contributed by atoms with Gasteiger partial charge in [0, 0.05) is 55.5 Å². The third-order valence-corrected chi connectivity index (χ3v) is 13.5. The molecule has 0 radical (unpaired) electrons. The first-order valence-electron chi connectivity index (χ1n) is 17.7. The van der Waals surface area contributed by atoms with Gasteiger partial charge in [0.05, 0.1) is 11.5 Å². The first-order valence-corrected chi connectivity index (χ1v) is 17.7. The van der Waals surface area contributed by atoms with Crippen LogP contribution in [0.25, 0.3) is 0 Å². The monoisotopic (exact) mass is 677 g/mol. The molecule has 11 atom stereocenters. The molecule has 1 amide bonds. The molecule has 2 saturated carbocycles. The largest absolute Gasteiger partial charge is 0.458 e. The minimum absolute atomic E-state index is 0.167. The number of cyclic esters (lactones) is 1. The zero-order valence-corrected chi connectivity index (χ0v) is 29.2. The third-order valence-electron chi connectivity index (χ3n) is 13.5. The topological polar surface area (TPSA) is 149 Å². The smallest absolute Gasteiger partial charge is 0.333 e. The number of amides is 1. The van der Waals surface area contributed by atoms with E-state index in [1.165, 1.54) is 19.1 Å². The highest BCUT2D eigenvalue weighted by Crippen LogP contribution is 2.74. The van der Waals surface area contributed by atoms with E-state index in [0.29, 0.717) is 44.3 Å². The Morgan fingerprint density at radius 3 is 2.45 bits per heavy atom. The highest BCUT2D eigenvalue weighted by molar-refractivity contribution is 5.99. The van der Waals surface area contributed by atoms with Crippen molar-refractivity contribution >= 4 is 29.6 Å². The minimum Gasteiger partial charge on any atom is -0.458 e. The first kappa shape index (κ1) is 33.9. The number of hydrogen-bond donors (Lipinski definition) is 1. The van der Waals surface area contributed by atoms with E-state index in [1.807, 2.05) is 33.8 Å². The molecule has 0 bridgehead atoms. The lowest BCUT2D eigenvalue weighted by atomic mass is 9.42. The SMILES string of the molecule is CC(=O)O[C@H]1C=C([C@H](C)[C@H]2CC(C)=C(C)C(=O)O2)[C@@]2(C)CC[C@H]3[C@@H](C[C@H]4O[C@]45[C@@H](OC(=O)/C=C/C(=O)N4CCCC4)C=CC(=O)[C@]35C)[C@]12O. The number of hydrogen-bond acceptors (Lipinski definition) is 10. The number of fused-ring (bicyclic) bond motifs is 4. The van der Waals surface area contributed by atoms with E-state index in [-0.39, 0.29) is 23.6 Å². The second kappa shape index (κ2) is 11.5. The number of likely N-dealkylation sites (tertiary alicyclic amines) is 1. The Morgan fingerprint density at radius 1 is 1.06 bits per heavy atom. The normalized spacial score (nSPS) is 42.8.